The molecule has 0 amide bonds. The molecule has 2 rings (SSSR count). The number of hydrogen-bond acceptors (Lipinski definition) is 7. The zero-order valence-electron chi connectivity index (χ0n) is 15.8. The molecule has 0 bridgehead atoms. The Hall–Kier alpha value is -2.39. The lowest BCUT2D eigenvalue weighted by atomic mass is 10.1. The number of halogens is 3. The summed E-state index contributed by atoms with van der Waals surface area (Å²) in [7, 11) is -6.33. The summed E-state index contributed by atoms with van der Waals surface area (Å²) in [6.45, 7) is -0.0925. The minimum atomic E-state index is -5.80. The molecule has 168 valence electrons. The van der Waals surface area contributed by atoms with Crippen LogP contribution in [0.1, 0.15) is 11.1 Å². The highest BCUT2D eigenvalue weighted by molar-refractivity contribution is 7.89. The van der Waals surface area contributed by atoms with Crippen molar-refractivity contribution in [3.63, 3.8) is 0 Å². The second kappa shape index (κ2) is 9.40. The first kappa shape index (κ1) is 24.9. The summed E-state index contributed by atoms with van der Waals surface area (Å²) in [4.78, 5) is -0.221. The van der Waals surface area contributed by atoms with E-state index >= 15 is 0 Å². The Morgan fingerprint density at radius 1 is 1.13 bits per heavy atom. The van der Waals surface area contributed by atoms with E-state index in [1.54, 1.807) is 0 Å². The van der Waals surface area contributed by atoms with Gasteiger partial charge in [-0.1, -0.05) is 6.07 Å². The predicted molar refractivity (Wildman–Crippen MR) is 108 cm³/mol. The third-order valence-electron chi connectivity index (χ3n) is 3.88. The summed E-state index contributed by atoms with van der Waals surface area (Å²) >= 11 is 0. The van der Waals surface area contributed by atoms with E-state index in [9.17, 15) is 30.0 Å². The number of ether oxygens (including phenoxy) is 1. The highest BCUT2D eigenvalue weighted by Gasteiger charge is 2.48. The summed E-state index contributed by atoms with van der Waals surface area (Å²) in [5.74, 6) is -0.490. The zero-order valence-corrected chi connectivity index (χ0v) is 18.6. The zero-order chi connectivity index (χ0) is 23.4. The Morgan fingerprint density at radius 3 is 2.35 bits per heavy atom. The molecule has 0 aliphatic carbocycles. The lowest BCUT2D eigenvalue weighted by Crippen LogP contribution is -2.28. The normalized spacial score (nSPS) is 12.3. The van der Waals surface area contributed by atoms with Gasteiger partial charge in [0.1, 0.15) is 16.4 Å². The molecule has 0 aromatic heterocycles. The molecule has 0 saturated carbocycles. The standard InChI is InChI=1S/C17H16F3N2O6PS2/c1-27-14-5-2-11(10-21)8-16(14)30(23,24)22-7-6-12-3-4-13(9-15(12)29)28-31(25,26)17(18,19)20/h2-5,8-9,22H,6-7,29H2,1H3. The van der Waals surface area contributed by atoms with Crippen molar-refractivity contribution in [2.24, 2.45) is 0 Å². The molecule has 0 fully saturated rings. The van der Waals surface area contributed by atoms with Gasteiger partial charge >= 0.3 is 15.6 Å². The lowest BCUT2D eigenvalue weighted by molar-refractivity contribution is -0.0500. The van der Waals surface area contributed by atoms with Crippen LogP contribution in [0.2, 0.25) is 0 Å². The van der Waals surface area contributed by atoms with E-state index in [4.69, 9.17) is 10.00 Å². The number of nitriles is 1. The summed E-state index contributed by atoms with van der Waals surface area (Å²) in [6, 6.07) is 9.16. The number of sulfonamides is 1. The maximum absolute atomic E-state index is 12.6. The van der Waals surface area contributed by atoms with Crippen LogP contribution >= 0.6 is 9.24 Å². The van der Waals surface area contributed by atoms with Gasteiger partial charge in [-0.2, -0.15) is 26.9 Å². The van der Waals surface area contributed by atoms with Gasteiger partial charge in [0, 0.05) is 6.54 Å². The molecule has 1 atom stereocenters. The second-order valence-electron chi connectivity index (χ2n) is 5.97. The third kappa shape index (κ3) is 6.07. The quantitative estimate of drug-likeness (QED) is 0.336. The molecule has 0 heterocycles. The minimum absolute atomic E-state index is 0.0469. The molecule has 31 heavy (non-hydrogen) atoms. The average Bonchev–Trinajstić information content (AvgIpc) is 2.68. The van der Waals surface area contributed by atoms with Crippen LogP contribution in [-0.2, 0) is 26.6 Å². The van der Waals surface area contributed by atoms with Crippen LogP contribution < -0.4 is 18.9 Å². The van der Waals surface area contributed by atoms with Crippen LogP contribution in [0.4, 0.5) is 13.2 Å². The summed E-state index contributed by atoms with van der Waals surface area (Å²) in [6.07, 6.45) is 0.130. The molecule has 0 aliphatic rings. The minimum Gasteiger partial charge on any atom is -0.495 e. The maximum atomic E-state index is 12.6. The number of hydrogen-bond donors (Lipinski definition) is 1. The predicted octanol–water partition coefficient (Wildman–Crippen LogP) is 1.82. The highest BCUT2D eigenvalue weighted by atomic mass is 32.2. The molecule has 0 aliphatic heterocycles. The van der Waals surface area contributed by atoms with E-state index in [2.05, 4.69) is 18.1 Å². The Bertz CT molecular complexity index is 1230. The fourth-order valence-electron chi connectivity index (χ4n) is 2.38. The van der Waals surface area contributed by atoms with Crippen molar-refractivity contribution >= 4 is 34.7 Å². The van der Waals surface area contributed by atoms with Gasteiger partial charge in [0.15, 0.2) is 0 Å². The van der Waals surface area contributed by atoms with Crippen LogP contribution in [-0.4, -0.2) is 36.0 Å². The number of benzene rings is 2. The molecular formula is C17H16F3N2O6PS2. The first-order chi connectivity index (χ1) is 14.3. The monoisotopic (exact) mass is 496 g/mol. The Balaban J connectivity index is 2.12. The van der Waals surface area contributed by atoms with Gasteiger partial charge in [-0.3, -0.25) is 0 Å². The van der Waals surface area contributed by atoms with Crippen LogP contribution in [0.25, 0.3) is 0 Å². The topological polar surface area (TPSA) is 123 Å². The van der Waals surface area contributed by atoms with E-state index in [0.29, 0.717) is 10.9 Å². The number of rotatable bonds is 8. The number of nitrogens with zero attached hydrogens (tertiary/aromatic N) is 1. The van der Waals surface area contributed by atoms with Gasteiger partial charge < -0.3 is 8.92 Å². The maximum Gasteiger partial charge on any atom is 0.534 e. The van der Waals surface area contributed by atoms with Crippen molar-refractivity contribution < 1.29 is 38.9 Å². The van der Waals surface area contributed by atoms with Crippen LogP contribution in [0.15, 0.2) is 41.3 Å². The van der Waals surface area contributed by atoms with E-state index < -0.39 is 31.4 Å². The van der Waals surface area contributed by atoms with Gasteiger partial charge in [0.05, 0.1) is 18.7 Å². The Kier molecular flexibility index (Phi) is 7.54. The summed E-state index contributed by atoms with van der Waals surface area (Å²) < 4.78 is 95.9. The Labute approximate surface area is 179 Å². The van der Waals surface area contributed by atoms with E-state index in [-0.39, 0.29) is 29.2 Å². The van der Waals surface area contributed by atoms with Crippen molar-refractivity contribution in [1.29, 1.82) is 5.26 Å². The molecule has 0 spiro atoms. The molecule has 14 heteroatoms. The van der Waals surface area contributed by atoms with Crippen molar-refractivity contribution in [3.05, 3.63) is 47.5 Å². The van der Waals surface area contributed by atoms with Crippen molar-refractivity contribution in [2.75, 3.05) is 13.7 Å². The number of nitrogens with one attached hydrogen (secondary N) is 1. The molecule has 0 saturated heterocycles. The Morgan fingerprint density at radius 2 is 1.81 bits per heavy atom. The highest BCUT2D eigenvalue weighted by Crippen LogP contribution is 2.27. The average molecular weight is 496 g/mol. The molecule has 1 unspecified atom stereocenters. The number of alkyl halides is 3. The van der Waals surface area contributed by atoms with Gasteiger partial charge in [-0.05, 0) is 47.6 Å². The van der Waals surface area contributed by atoms with Crippen molar-refractivity contribution in [3.8, 4) is 17.6 Å². The fourth-order valence-corrected chi connectivity index (χ4v) is 4.46. The van der Waals surface area contributed by atoms with E-state index in [1.165, 1.54) is 25.3 Å². The third-order valence-corrected chi connectivity index (χ3v) is 6.87. The smallest absolute Gasteiger partial charge is 0.495 e. The molecule has 0 radical (unpaired) electrons. The summed E-state index contributed by atoms with van der Waals surface area (Å²) in [5, 5.41) is 9.28. The first-order valence-corrected chi connectivity index (χ1v) is 11.7. The van der Waals surface area contributed by atoms with Gasteiger partial charge in [-0.15, -0.1) is 9.24 Å². The van der Waals surface area contributed by atoms with Crippen LogP contribution in [0.5, 0.6) is 11.5 Å². The molecule has 8 nitrogen and oxygen atoms in total. The lowest BCUT2D eigenvalue weighted by Gasteiger charge is -2.13. The molecule has 1 N–H and O–H groups in total. The molecule has 2 aromatic carbocycles. The van der Waals surface area contributed by atoms with Gasteiger partial charge in [0.2, 0.25) is 10.0 Å². The van der Waals surface area contributed by atoms with Crippen LogP contribution in [0, 0.1) is 11.3 Å². The first-order valence-electron chi connectivity index (χ1n) is 8.27. The van der Waals surface area contributed by atoms with Crippen molar-refractivity contribution in [2.45, 2.75) is 16.8 Å². The summed E-state index contributed by atoms with van der Waals surface area (Å²) in [5.41, 5.74) is -4.92. The molecular weight excluding hydrogens is 480 g/mol. The SMILES string of the molecule is COc1ccc(C#N)cc1S(=O)(=O)NCCc1ccc(OS(=O)(=O)C(F)(F)F)cc1P. The van der Waals surface area contributed by atoms with E-state index in [0.717, 1.165) is 18.2 Å². The van der Waals surface area contributed by atoms with Crippen molar-refractivity contribution in [1.82, 2.24) is 4.72 Å². The second-order valence-corrected chi connectivity index (χ2v) is 9.86. The van der Waals surface area contributed by atoms with Gasteiger partial charge in [-0.25, -0.2) is 13.1 Å². The van der Waals surface area contributed by atoms with Gasteiger partial charge in [0.25, 0.3) is 0 Å². The van der Waals surface area contributed by atoms with E-state index in [1.807, 2.05) is 6.07 Å². The fraction of sp³-hybridized carbons (Fsp3) is 0.235. The van der Waals surface area contributed by atoms with Crippen LogP contribution in [0.3, 0.4) is 0 Å². The molecule has 2 aromatic rings. The number of methoxy groups -OCH3 is 1. The largest absolute Gasteiger partial charge is 0.534 e.